The number of anilines is 1. The molecule has 2 atom stereocenters. The van der Waals surface area contributed by atoms with Crippen molar-refractivity contribution in [3.63, 3.8) is 0 Å². The van der Waals surface area contributed by atoms with E-state index in [1.165, 1.54) is 11.9 Å². The second-order valence-corrected chi connectivity index (χ2v) is 6.13. The summed E-state index contributed by atoms with van der Waals surface area (Å²) >= 11 is 0. The smallest absolute Gasteiger partial charge is 0.231 e. The predicted octanol–water partition coefficient (Wildman–Crippen LogP) is 0.305. The highest BCUT2D eigenvalue weighted by Gasteiger charge is 2.46. The van der Waals surface area contributed by atoms with E-state index >= 15 is 0 Å². The highest BCUT2D eigenvalue weighted by atomic mass is 16.2. The SMILES string of the molecule is Cn1cc(CN2C[C@@H]3CN(c4cncnc4)C(=O)[C@@H]3C2)cn1. The molecule has 0 spiro atoms. The number of nitrogens with zero attached hydrogens (tertiary/aromatic N) is 6. The fourth-order valence-corrected chi connectivity index (χ4v) is 3.55. The van der Waals surface area contributed by atoms with Crippen LogP contribution in [0, 0.1) is 11.8 Å². The molecule has 7 nitrogen and oxygen atoms in total. The Hall–Kier alpha value is -2.28. The molecular formula is C15H18N6O. The van der Waals surface area contributed by atoms with Gasteiger partial charge in [0.1, 0.15) is 6.33 Å². The summed E-state index contributed by atoms with van der Waals surface area (Å²) in [5, 5.41) is 4.20. The number of rotatable bonds is 3. The van der Waals surface area contributed by atoms with Gasteiger partial charge in [0, 0.05) is 50.9 Å². The molecule has 2 fully saturated rings. The van der Waals surface area contributed by atoms with Crippen LogP contribution in [-0.2, 0) is 18.4 Å². The zero-order valence-corrected chi connectivity index (χ0v) is 12.5. The third kappa shape index (κ3) is 2.27. The number of hydrogen-bond acceptors (Lipinski definition) is 5. The maximum absolute atomic E-state index is 12.6. The minimum Gasteiger partial charge on any atom is -0.309 e. The van der Waals surface area contributed by atoms with Gasteiger partial charge in [-0.2, -0.15) is 5.10 Å². The van der Waals surface area contributed by atoms with Crippen molar-refractivity contribution in [3.05, 3.63) is 36.7 Å². The summed E-state index contributed by atoms with van der Waals surface area (Å²) in [5.41, 5.74) is 2.00. The highest BCUT2D eigenvalue weighted by Crippen LogP contribution is 2.35. The van der Waals surface area contributed by atoms with Gasteiger partial charge in [0.2, 0.25) is 5.91 Å². The second kappa shape index (κ2) is 5.17. The van der Waals surface area contributed by atoms with E-state index < -0.39 is 0 Å². The quantitative estimate of drug-likeness (QED) is 0.815. The number of carbonyl (C=O) groups excluding carboxylic acids is 1. The maximum Gasteiger partial charge on any atom is 0.231 e. The summed E-state index contributed by atoms with van der Waals surface area (Å²) in [5.74, 6) is 0.690. The molecule has 2 aromatic heterocycles. The molecule has 0 aliphatic carbocycles. The summed E-state index contributed by atoms with van der Waals surface area (Å²) in [6.45, 7) is 3.40. The van der Waals surface area contributed by atoms with Gasteiger partial charge in [-0.1, -0.05) is 0 Å². The Bertz CT molecular complexity index is 684. The van der Waals surface area contributed by atoms with Gasteiger partial charge in [0.15, 0.2) is 0 Å². The van der Waals surface area contributed by atoms with Gasteiger partial charge in [0.05, 0.1) is 30.2 Å². The van der Waals surface area contributed by atoms with E-state index in [4.69, 9.17) is 0 Å². The zero-order valence-electron chi connectivity index (χ0n) is 12.5. The average Bonchev–Trinajstić information content (AvgIpc) is 3.18. The minimum absolute atomic E-state index is 0.0943. The Kier molecular flexibility index (Phi) is 3.15. The molecule has 4 rings (SSSR count). The van der Waals surface area contributed by atoms with Crippen LogP contribution >= 0.6 is 0 Å². The largest absolute Gasteiger partial charge is 0.309 e. The molecule has 0 aromatic carbocycles. The van der Waals surface area contributed by atoms with Crippen LogP contribution < -0.4 is 4.90 Å². The maximum atomic E-state index is 12.6. The molecular weight excluding hydrogens is 280 g/mol. The Morgan fingerprint density at radius 1 is 1.18 bits per heavy atom. The molecule has 4 heterocycles. The molecule has 2 aliphatic rings. The summed E-state index contributed by atoms with van der Waals surface area (Å²) in [6.07, 6.45) is 8.83. The predicted molar refractivity (Wildman–Crippen MR) is 79.9 cm³/mol. The number of fused-ring (bicyclic) bond motifs is 1. The molecule has 2 aliphatic heterocycles. The van der Waals surface area contributed by atoms with Crippen LogP contribution in [0.5, 0.6) is 0 Å². The third-order valence-corrected chi connectivity index (χ3v) is 4.54. The number of carbonyl (C=O) groups is 1. The fraction of sp³-hybridized carbons (Fsp3) is 0.467. The van der Waals surface area contributed by atoms with E-state index in [1.807, 2.05) is 29.0 Å². The summed E-state index contributed by atoms with van der Waals surface area (Å²) in [4.78, 5) is 24.8. The summed E-state index contributed by atoms with van der Waals surface area (Å²) in [7, 11) is 1.92. The van der Waals surface area contributed by atoms with E-state index in [2.05, 4.69) is 20.0 Å². The summed E-state index contributed by atoms with van der Waals surface area (Å²) in [6, 6.07) is 0. The van der Waals surface area contributed by atoms with Crippen molar-refractivity contribution in [1.82, 2.24) is 24.6 Å². The fourth-order valence-electron chi connectivity index (χ4n) is 3.55. The topological polar surface area (TPSA) is 67.2 Å². The average molecular weight is 298 g/mol. The van der Waals surface area contributed by atoms with Crippen LogP contribution in [-0.4, -0.2) is 50.2 Å². The first-order valence-electron chi connectivity index (χ1n) is 7.47. The standard InChI is InChI=1S/C15H18N6O/c1-19-5-11(2-18-19)6-20-7-12-8-21(15(22)14(12)9-20)13-3-16-10-17-4-13/h2-5,10,12,14H,6-9H2,1H3/t12-,14-/m1/s1. The Morgan fingerprint density at radius 2 is 2.00 bits per heavy atom. The van der Waals surface area contributed by atoms with E-state index in [0.29, 0.717) is 5.92 Å². The van der Waals surface area contributed by atoms with E-state index in [1.54, 1.807) is 12.4 Å². The lowest BCUT2D eigenvalue weighted by molar-refractivity contribution is -0.120. The number of likely N-dealkylation sites (tertiary alicyclic amines) is 1. The number of hydrogen-bond donors (Lipinski definition) is 0. The molecule has 2 aromatic rings. The number of aryl methyl sites for hydroxylation is 1. The van der Waals surface area contributed by atoms with Crippen LogP contribution in [0.2, 0.25) is 0 Å². The molecule has 114 valence electrons. The molecule has 2 saturated heterocycles. The molecule has 1 amide bonds. The van der Waals surface area contributed by atoms with Crippen molar-refractivity contribution in [2.75, 3.05) is 24.5 Å². The van der Waals surface area contributed by atoms with Crippen LogP contribution in [0.25, 0.3) is 0 Å². The molecule has 0 unspecified atom stereocenters. The van der Waals surface area contributed by atoms with Crippen molar-refractivity contribution < 1.29 is 4.79 Å². The van der Waals surface area contributed by atoms with Crippen LogP contribution in [0.15, 0.2) is 31.1 Å². The van der Waals surface area contributed by atoms with Crippen LogP contribution in [0.1, 0.15) is 5.56 Å². The van der Waals surface area contributed by atoms with Gasteiger partial charge < -0.3 is 4.90 Å². The van der Waals surface area contributed by atoms with Crippen molar-refractivity contribution >= 4 is 11.6 Å². The number of aromatic nitrogens is 4. The van der Waals surface area contributed by atoms with Crippen LogP contribution in [0.4, 0.5) is 5.69 Å². The second-order valence-electron chi connectivity index (χ2n) is 6.13. The lowest BCUT2D eigenvalue weighted by atomic mass is 10.0. The Balaban J connectivity index is 1.44. The Morgan fingerprint density at radius 3 is 2.68 bits per heavy atom. The first-order valence-corrected chi connectivity index (χ1v) is 7.47. The van der Waals surface area contributed by atoms with Gasteiger partial charge >= 0.3 is 0 Å². The first kappa shape index (κ1) is 13.4. The van der Waals surface area contributed by atoms with Crippen molar-refractivity contribution in [1.29, 1.82) is 0 Å². The van der Waals surface area contributed by atoms with Gasteiger partial charge in [0.25, 0.3) is 0 Å². The van der Waals surface area contributed by atoms with Crippen molar-refractivity contribution in [2.45, 2.75) is 6.54 Å². The Labute approximate surface area is 128 Å². The lowest BCUT2D eigenvalue weighted by Crippen LogP contribution is -2.32. The number of amides is 1. The zero-order chi connectivity index (χ0) is 15.1. The molecule has 7 heteroatoms. The normalized spacial score (nSPS) is 25.0. The molecule has 0 radical (unpaired) electrons. The van der Waals surface area contributed by atoms with Gasteiger partial charge in [-0.05, 0) is 0 Å². The molecule has 22 heavy (non-hydrogen) atoms. The van der Waals surface area contributed by atoms with E-state index in [9.17, 15) is 4.79 Å². The third-order valence-electron chi connectivity index (χ3n) is 4.54. The van der Waals surface area contributed by atoms with E-state index in [0.717, 1.165) is 31.9 Å². The van der Waals surface area contributed by atoms with E-state index in [-0.39, 0.29) is 11.8 Å². The minimum atomic E-state index is 0.0943. The molecule has 0 saturated carbocycles. The molecule has 0 N–H and O–H groups in total. The highest BCUT2D eigenvalue weighted by molar-refractivity contribution is 5.97. The van der Waals surface area contributed by atoms with Gasteiger partial charge in [-0.15, -0.1) is 0 Å². The monoisotopic (exact) mass is 298 g/mol. The van der Waals surface area contributed by atoms with Gasteiger partial charge in [-0.25, -0.2) is 9.97 Å². The molecule has 0 bridgehead atoms. The van der Waals surface area contributed by atoms with Gasteiger partial charge in [-0.3, -0.25) is 14.4 Å². The van der Waals surface area contributed by atoms with Crippen LogP contribution in [0.3, 0.4) is 0 Å². The lowest BCUT2D eigenvalue weighted by Gasteiger charge is -2.20. The van der Waals surface area contributed by atoms with Crippen molar-refractivity contribution in [2.24, 2.45) is 18.9 Å². The summed E-state index contributed by atoms with van der Waals surface area (Å²) < 4.78 is 1.81. The first-order chi connectivity index (χ1) is 10.7. The van der Waals surface area contributed by atoms with Crippen molar-refractivity contribution in [3.8, 4) is 0 Å².